The molecule has 0 fully saturated rings. The van der Waals surface area contributed by atoms with Gasteiger partial charge in [-0.3, -0.25) is 14.9 Å². The van der Waals surface area contributed by atoms with Crippen molar-refractivity contribution in [2.24, 2.45) is 0 Å². The summed E-state index contributed by atoms with van der Waals surface area (Å²) in [5, 5.41) is 13.5. The summed E-state index contributed by atoms with van der Waals surface area (Å²) in [7, 11) is 1.47. The van der Waals surface area contributed by atoms with Crippen LogP contribution in [0.2, 0.25) is 0 Å². The molecule has 30 heavy (non-hydrogen) atoms. The summed E-state index contributed by atoms with van der Waals surface area (Å²) < 4.78 is 15.5. The number of hydrogen-bond acceptors (Lipinski definition) is 7. The maximum atomic E-state index is 13.0. The Morgan fingerprint density at radius 2 is 1.83 bits per heavy atom. The van der Waals surface area contributed by atoms with E-state index in [0.29, 0.717) is 17.0 Å². The summed E-state index contributed by atoms with van der Waals surface area (Å²) >= 11 is 0. The van der Waals surface area contributed by atoms with Crippen LogP contribution in [-0.2, 0) is 9.53 Å². The van der Waals surface area contributed by atoms with Crippen LogP contribution in [0.3, 0.4) is 0 Å². The van der Waals surface area contributed by atoms with Gasteiger partial charge in [0, 0.05) is 5.56 Å². The summed E-state index contributed by atoms with van der Waals surface area (Å²) in [6.07, 6.45) is -1.33. The second-order valence-electron chi connectivity index (χ2n) is 6.28. The van der Waals surface area contributed by atoms with Gasteiger partial charge in [0.15, 0.2) is 0 Å². The minimum absolute atomic E-state index is 0.386. The molecule has 2 aromatic carbocycles. The Morgan fingerprint density at radius 3 is 2.47 bits per heavy atom. The van der Waals surface area contributed by atoms with Gasteiger partial charge in [-0.2, -0.15) is 0 Å². The molecule has 3 aromatic rings. The van der Waals surface area contributed by atoms with E-state index in [1.807, 2.05) is 13.0 Å². The van der Waals surface area contributed by atoms with Crippen LogP contribution in [0.15, 0.2) is 65.1 Å². The van der Waals surface area contributed by atoms with Gasteiger partial charge in [0.05, 0.1) is 18.9 Å². The first kappa shape index (κ1) is 20.6. The predicted molar refractivity (Wildman–Crippen MR) is 106 cm³/mol. The molecule has 3 rings (SSSR count). The van der Waals surface area contributed by atoms with Crippen LogP contribution in [0.1, 0.15) is 27.8 Å². The third-order valence-electron chi connectivity index (χ3n) is 4.15. The van der Waals surface area contributed by atoms with Gasteiger partial charge in [-0.05, 0) is 30.7 Å². The van der Waals surface area contributed by atoms with Crippen molar-refractivity contribution in [1.82, 2.24) is 0 Å². The molecule has 0 aliphatic rings. The number of rotatable bonds is 7. The Labute approximate surface area is 171 Å². The van der Waals surface area contributed by atoms with Crippen LogP contribution in [0.25, 0.3) is 0 Å². The van der Waals surface area contributed by atoms with Gasteiger partial charge >= 0.3 is 11.9 Å². The van der Waals surface area contributed by atoms with Gasteiger partial charge in [0.2, 0.25) is 11.9 Å². The van der Waals surface area contributed by atoms with Crippen LogP contribution in [0.4, 0.5) is 11.6 Å². The number of furan rings is 1. The molecule has 1 aromatic heterocycles. The molecule has 0 bridgehead atoms. The predicted octanol–water partition coefficient (Wildman–Crippen LogP) is 4.04. The SMILES string of the molecule is COc1ccc(C)cc1NC(=O)[C@H](OC(=O)c1ccc([N+](=O)[O-])o1)c1ccccc1. The summed E-state index contributed by atoms with van der Waals surface area (Å²) in [6, 6.07) is 15.8. The quantitative estimate of drug-likeness (QED) is 0.354. The number of methoxy groups -OCH3 is 1. The number of amides is 1. The molecule has 0 saturated carbocycles. The van der Waals surface area contributed by atoms with E-state index in [9.17, 15) is 19.7 Å². The van der Waals surface area contributed by atoms with Gasteiger partial charge in [-0.15, -0.1) is 0 Å². The van der Waals surface area contributed by atoms with Crippen LogP contribution < -0.4 is 10.1 Å². The fraction of sp³-hybridized carbons (Fsp3) is 0.143. The lowest BCUT2D eigenvalue weighted by Crippen LogP contribution is -2.26. The zero-order valence-electron chi connectivity index (χ0n) is 16.2. The maximum absolute atomic E-state index is 13.0. The number of nitrogens with one attached hydrogen (secondary N) is 1. The highest BCUT2D eigenvalue weighted by Gasteiger charge is 2.28. The lowest BCUT2D eigenvalue weighted by Gasteiger charge is -2.18. The standard InChI is InChI=1S/C21H18N2O7/c1-13-8-9-16(28-2)15(12-13)22-20(24)19(14-6-4-3-5-7-14)30-21(25)17-10-11-18(29-17)23(26)27/h3-12,19H,1-2H3,(H,22,24)/t19-/m1/s1. The molecular weight excluding hydrogens is 392 g/mol. The van der Waals surface area contributed by atoms with Gasteiger partial charge in [0.25, 0.3) is 5.91 Å². The smallest absolute Gasteiger partial charge is 0.433 e. The van der Waals surface area contributed by atoms with Crippen LogP contribution in [-0.4, -0.2) is 23.9 Å². The fourth-order valence-corrected chi connectivity index (χ4v) is 2.72. The van der Waals surface area contributed by atoms with E-state index in [-0.39, 0.29) is 5.76 Å². The zero-order chi connectivity index (χ0) is 21.7. The van der Waals surface area contributed by atoms with E-state index in [1.165, 1.54) is 7.11 Å². The minimum atomic E-state index is -1.33. The highest BCUT2D eigenvalue weighted by molar-refractivity contribution is 5.98. The molecule has 1 heterocycles. The molecule has 0 spiro atoms. The minimum Gasteiger partial charge on any atom is -0.495 e. The van der Waals surface area contributed by atoms with E-state index in [2.05, 4.69) is 5.32 Å². The molecule has 0 unspecified atom stereocenters. The van der Waals surface area contributed by atoms with Crippen molar-refractivity contribution in [2.75, 3.05) is 12.4 Å². The van der Waals surface area contributed by atoms with E-state index < -0.39 is 28.8 Å². The van der Waals surface area contributed by atoms with Crippen molar-refractivity contribution in [2.45, 2.75) is 13.0 Å². The largest absolute Gasteiger partial charge is 0.495 e. The number of ether oxygens (including phenoxy) is 2. The number of nitrogens with zero attached hydrogens (tertiary/aromatic N) is 1. The number of aryl methyl sites for hydroxylation is 1. The molecule has 0 aliphatic heterocycles. The zero-order valence-corrected chi connectivity index (χ0v) is 16.2. The molecule has 0 aliphatic carbocycles. The summed E-state index contributed by atoms with van der Waals surface area (Å²) in [5.41, 5.74) is 1.71. The van der Waals surface area contributed by atoms with Crippen molar-refractivity contribution in [3.63, 3.8) is 0 Å². The average molecular weight is 410 g/mol. The van der Waals surface area contributed by atoms with E-state index >= 15 is 0 Å². The second kappa shape index (κ2) is 8.91. The van der Waals surface area contributed by atoms with Crippen LogP contribution in [0.5, 0.6) is 5.75 Å². The van der Waals surface area contributed by atoms with Crippen molar-refractivity contribution < 1.29 is 28.4 Å². The van der Waals surface area contributed by atoms with Crippen molar-refractivity contribution in [1.29, 1.82) is 0 Å². The van der Waals surface area contributed by atoms with Gasteiger partial charge < -0.3 is 19.2 Å². The monoisotopic (exact) mass is 410 g/mol. The van der Waals surface area contributed by atoms with E-state index in [1.54, 1.807) is 42.5 Å². The highest BCUT2D eigenvalue weighted by atomic mass is 16.7. The highest BCUT2D eigenvalue weighted by Crippen LogP contribution is 2.28. The molecule has 1 amide bonds. The van der Waals surface area contributed by atoms with Crippen molar-refractivity contribution >= 4 is 23.4 Å². The van der Waals surface area contributed by atoms with Crippen LogP contribution >= 0.6 is 0 Å². The summed E-state index contributed by atoms with van der Waals surface area (Å²) in [5.74, 6) is -2.19. The van der Waals surface area contributed by atoms with Gasteiger partial charge in [0.1, 0.15) is 10.7 Å². The lowest BCUT2D eigenvalue weighted by molar-refractivity contribution is -0.402. The van der Waals surface area contributed by atoms with Crippen LogP contribution in [0, 0.1) is 17.0 Å². The van der Waals surface area contributed by atoms with E-state index in [4.69, 9.17) is 13.9 Å². The Kier molecular flexibility index (Phi) is 6.11. The number of carbonyl (C=O) groups excluding carboxylic acids is 2. The molecule has 9 nitrogen and oxygen atoms in total. The van der Waals surface area contributed by atoms with Crippen molar-refractivity contribution in [3.05, 3.63) is 87.7 Å². The molecule has 0 radical (unpaired) electrons. The average Bonchev–Trinajstić information content (AvgIpc) is 3.23. The Balaban J connectivity index is 1.87. The topological polar surface area (TPSA) is 121 Å². The number of esters is 1. The van der Waals surface area contributed by atoms with Gasteiger partial charge in [-0.1, -0.05) is 36.4 Å². The third-order valence-corrected chi connectivity index (χ3v) is 4.15. The number of nitro groups is 1. The maximum Gasteiger partial charge on any atom is 0.433 e. The molecule has 1 N–H and O–H groups in total. The first-order valence-corrected chi connectivity index (χ1v) is 8.84. The third kappa shape index (κ3) is 4.64. The summed E-state index contributed by atoms with van der Waals surface area (Å²) in [4.78, 5) is 35.4. The second-order valence-corrected chi connectivity index (χ2v) is 6.28. The number of anilines is 1. The van der Waals surface area contributed by atoms with Crippen molar-refractivity contribution in [3.8, 4) is 5.75 Å². The molecular formula is C21H18N2O7. The Hall–Kier alpha value is -4.14. The van der Waals surface area contributed by atoms with Gasteiger partial charge in [-0.25, -0.2) is 4.79 Å². The number of benzene rings is 2. The Morgan fingerprint density at radius 1 is 1.10 bits per heavy atom. The number of carbonyl (C=O) groups is 2. The molecule has 9 heteroatoms. The lowest BCUT2D eigenvalue weighted by atomic mass is 10.1. The molecule has 154 valence electrons. The number of hydrogen-bond donors (Lipinski definition) is 1. The normalized spacial score (nSPS) is 11.4. The van der Waals surface area contributed by atoms with E-state index in [0.717, 1.165) is 17.7 Å². The first-order valence-electron chi connectivity index (χ1n) is 8.84. The Bertz CT molecular complexity index is 1080. The first-order chi connectivity index (χ1) is 14.4. The molecule has 1 atom stereocenters. The molecule has 0 saturated heterocycles. The summed E-state index contributed by atoms with van der Waals surface area (Å²) in [6.45, 7) is 1.85. The fourth-order valence-electron chi connectivity index (χ4n) is 2.72.